The average Bonchev–Trinajstić information content (AvgIpc) is 2.43. The second-order valence-electron chi connectivity index (χ2n) is 5.69. The smallest absolute Gasteiger partial charge is 0.318 e. The molecule has 5 nitrogen and oxygen atoms in total. The van der Waals surface area contributed by atoms with E-state index in [9.17, 15) is 26.4 Å². The number of rotatable bonds is 7. The normalized spacial score (nSPS) is 13.6. The SMILES string of the molecule is CCc1ccc(NC(=O)C(F)(F)F)c(CC[C@H](C)CS(=O)(=O)O)c1. The molecule has 24 heavy (non-hydrogen) atoms. The van der Waals surface area contributed by atoms with E-state index in [4.69, 9.17) is 4.55 Å². The Morgan fingerprint density at radius 1 is 1.33 bits per heavy atom. The molecule has 0 aliphatic heterocycles. The van der Waals surface area contributed by atoms with Gasteiger partial charge in [0, 0.05) is 5.69 Å². The summed E-state index contributed by atoms with van der Waals surface area (Å²) in [6.45, 7) is 3.50. The minimum Gasteiger partial charge on any atom is -0.318 e. The number of hydrogen-bond donors (Lipinski definition) is 2. The first-order valence-corrected chi connectivity index (χ1v) is 8.98. The molecule has 0 aliphatic rings. The van der Waals surface area contributed by atoms with Crippen molar-refractivity contribution in [2.75, 3.05) is 11.1 Å². The van der Waals surface area contributed by atoms with Crippen molar-refractivity contribution < 1.29 is 30.9 Å². The van der Waals surface area contributed by atoms with Crippen LogP contribution in [0.5, 0.6) is 0 Å². The van der Waals surface area contributed by atoms with Gasteiger partial charge in [0.2, 0.25) is 0 Å². The van der Waals surface area contributed by atoms with Gasteiger partial charge in [-0.15, -0.1) is 0 Å². The molecular formula is C15H20F3NO4S. The first kappa shape index (κ1) is 20.4. The molecule has 0 spiro atoms. The maximum atomic E-state index is 12.4. The molecule has 136 valence electrons. The van der Waals surface area contributed by atoms with Crippen molar-refractivity contribution >= 4 is 21.7 Å². The first-order chi connectivity index (χ1) is 10.9. The number of benzene rings is 1. The van der Waals surface area contributed by atoms with Crippen LogP contribution < -0.4 is 5.32 Å². The Bertz CT molecular complexity index is 686. The monoisotopic (exact) mass is 367 g/mol. The van der Waals surface area contributed by atoms with E-state index in [1.165, 1.54) is 6.07 Å². The third kappa shape index (κ3) is 6.88. The number of aryl methyl sites for hydroxylation is 2. The standard InChI is InChI=1S/C15H20F3NO4S/c1-3-11-5-7-13(19-14(20)15(16,17)18)12(8-11)6-4-10(2)9-24(21,22)23/h5,7-8,10H,3-4,6,9H2,1-2H3,(H,19,20)(H,21,22,23)/t10-/m0/s1. The molecule has 0 heterocycles. The molecule has 1 amide bonds. The summed E-state index contributed by atoms with van der Waals surface area (Å²) in [4.78, 5) is 11.1. The van der Waals surface area contributed by atoms with Crippen molar-refractivity contribution in [1.82, 2.24) is 0 Å². The van der Waals surface area contributed by atoms with Crippen molar-refractivity contribution in [3.05, 3.63) is 29.3 Å². The van der Waals surface area contributed by atoms with Gasteiger partial charge in [-0.25, -0.2) is 0 Å². The molecule has 0 aromatic heterocycles. The van der Waals surface area contributed by atoms with E-state index in [-0.39, 0.29) is 18.0 Å². The maximum Gasteiger partial charge on any atom is 0.471 e. The molecule has 0 radical (unpaired) electrons. The number of carbonyl (C=O) groups is 1. The van der Waals surface area contributed by atoms with Gasteiger partial charge in [0.15, 0.2) is 0 Å². The molecule has 0 saturated heterocycles. The highest BCUT2D eigenvalue weighted by molar-refractivity contribution is 7.85. The first-order valence-electron chi connectivity index (χ1n) is 7.37. The summed E-state index contributed by atoms with van der Waals surface area (Å²) in [6, 6.07) is 4.72. The van der Waals surface area contributed by atoms with Gasteiger partial charge in [-0.2, -0.15) is 21.6 Å². The number of hydrogen-bond acceptors (Lipinski definition) is 3. The lowest BCUT2D eigenvalue weighted by Crippen LogP contribution is -2.30. The highest BCUT2D eigenvalue weighted by atomic mass is 32.2. The molecule has 0 aliphatic carbocycles. The van der Waals surface area contributed by atoms with E-state index in [1.807, 2.05) is 12.2 Å². The zero-order valence-corrected chi connectivity index (χ0v) is 14.2. The van der Waals surface area contributed by atoms with Crippen LogP contribution in [0, 0.1) is 5.92 Å². The minimum atomic E-state index is -4.99. The third-order valence-electron chi connectivity index (χ3n) is 3.49. The van der Waals surface area contributed by atoms with Crippen LogP contribution in [0.3, 0.4) is 0 Å². The van der Waals surface area contributed by atoms with Gasteiger partial charge in [0.05, 0.1) is 5.75 Å². The summed E-state index contributed by atoms with van der Waals surface area (Å²) in [5, 5.41) is 1.84. The Balaban J connectivity index is 2.92. The number of carbonyl (C=O) groups excluding carboxylic acids is 1. The summed E-state index contributed by atoms with van der Waals surface area (Å²) in [6.07, 6.45) is -3.71. The fourth-order valence-corrected chi connectivity index (χ4v) is 3.12. The number of halogens is 3. The molecule has 0 unspecified atom stereocenters. The number of alkyl halides is 3. The summed E-state index contributed by atoms with van der Waals surface area (Å²) in [5.74, 6) is -2.86. The fraction of sp³-hybridized carbons (Fsp3) is 0.533. The minimum absolute atomic E-state index is 0.0496. The van der Waals surface area contributed by atoms with Gasteiger partial charge >= 0.3 is 12.1 Å². The Hall–Kier alpha value is -1.61. The predicted molar refractivity (Wildman–Crippen MR) is 84.4 cm³/mol. The van der Waals surface area contributed by atoms with Crippen molar-refractivity contribution in [2.24, 2.45) is 5.92 Å². The van der Waals surface area contributed by atoms with E-state index in [0.717, 1.165) is 5.56 Å². The topological polar surface area (TPSA) is 83.5 Å². The van der Waals surface area contributed by atoms with Crippen LogP contribution in [-0.2, 0) is 27.8 Å². The van der Waals surface area contributed by atoms with E-state index in [2.05, 4.69) is 0 Å². The van der Waals surface area contributed by atoms with Crippen LogP contribution in [0.15, 0.2) is 18.2 Å². The quantitative estimate of drug-likeness (QED) is 0.725. The van der Waals surface area contributed by atoms with Crippen molar-refractivity contribution in [2.45, 2.75) is 39.3 Å². The molecule has 1 atom stereocenters. The largest absolute Gasteiger partial charge is 0.471 e. The summed E-state index contributed by atoms with van der Waals surface area (Å²) >= 11 is 0. The molecule has 1 aromatic carbocycles. The van der Waals surface area contributed by atoms with Gasteiger partial charge < -0.3 is 5.32 Å². The Morgan fingerprint density at radius 3 is 2.46 bits per heavy atom. The van der Waals surface area contributed by atoms with Crippen LogP contribution in [0.1, 0.15) is 31.4 Å². The van der Waals surface area contributed by atoms with Crippen molar-refractivity contribution in [3.63, 3.8) is 0 Å². The summed E-state index contributed by atoms with van der Waals surface area (Å²) in [7, 11) is -4.11. The lowest BCUT2D eigenvalue weighted by molar-refractivity contribution is -0.167. The van der Waals surface area contributed by atoms with E-state index >= 15 is 0 Å². The molecular weight excluding hydrogens is 347 g/mol. The van der Waals surface area contributed by atoms with Crippen molar-refractivity contribution in [1.29, 1.82) is 0 Å². The molecule has 1 rings (SSSR count). The van der Waals surface area contributed by atoms with Gasteiger partial charge in [-0.05, 0) is 42.4 Å². The molecule has 0 saturated carbocycles. The Kier molecular flexibility index (Phi) is 6.79. The highest BCUT2D eigenvalue weighted by Gasteiger charge is 2.38. The second kappa shape index (κ2) is 7.98. The van der Waals surface area contributed by atoms with Gasteiger partial charge in [0.1, 0.15) is 0 Å². The van der Waals surface area contributed by atoms with Crippen LogP contribution in [0.2, 0.25) is 0 Å². The number of amides is 1. The van der Waals surface area contributed by atoms with Gasteiger partial charge in [-0.1, -0.05) is 26.0 Å². The number of nitrogens with one attached hydrogen (secondary N) is 1. The van der Waals surface area contributed by atoms with Crippen LogP contribution in [0.4, 0.5) is 18.9 Å². The molecule has 9 heteroatoms. The van der Waals surface area contributed by atoms with Crippen molar-refractivity contribution in [3.8, 4) is 0 Å². The highest BCUT2D eigenvalue weighted by Crippen LogP contribution is 2.24. The van der Waals surface area contributed by atoms with E-state index in [0.29, 0.717) is 18.4 Å². The zero-order chi connectivity index (χ0) is 18.5. The molecule has 0 fully saturated rings. The van der Waals surface area contributed by atoms with Gasteiger partial charge in [0.25, 0.3) is 10.1 Å². The third-order valence-corrected chi connectivity index (χ3v) is 4.48. The Morgan fingerprint density at radius 2 is 1.96 bits per heavy atom. The fourth-order valence-electron chi connectivity index (χ4n) is 2.23. The molecule has 0 bridgehead atoms. The average molecular weight is 367 g/mol. The van der Waals surface area contributed by atoms with Gasteiger partial charge in [-0.3, -0.25) is 9.35 Å². The lowest BCUT2D eigenvalue weighted by atomic mass is 9.98. The summed E-state index contributed by atoms with van der Waals surface area (Å²) in [5.41, 5.74) is 1.43. The van der Waals surface area contributed by atoms with E-state index < -0.39 is 28.0 Å². The zero-order valence-electron chi connectivity index (χ0n) is 13.4. The van der Waals surface area contributed by atoms with Crippen LogP contribution in [0.25, 0.3) is 0 Å². The molecule has 1 aromatic rings. The second-order valence-corrected chi connectivity index (χ2v) is 7.19. The predicted octanol–water partition coefficient (Wildman–Crippen LogP) is 3.21. The van der Waals surface area contributed by atoms with E-state index in [1.54, 1.807) is 19.1 Å². The molecule has 2 N–H and O–H groups in total. The maximum absolute atomic E-state index is 12.4. The number of anilines is 1. The van der Waals surface area contributed by atoms with Crippen LogP contribution >= 0.6 is 0 Å². The summed E-state index contributed by atoms with van der Waals surface area (Å²) < 4.78 is 67.7. The lowest BCUT2D eigenvalue weighted by Gasteiger charge is -2.15. The Labute approximate surface area is 139 Å². The van der Waals surface area contributed by atoms with Crippen LogP contribution in [-0.4, -0.2) is 30.8 Å².